The third-order valence-electron chi connectivity index (χ3n) is 3.94. The summed E-state index contributed by atoms with van der Waals surface area (Å²) in [6.07, 6.45) is 4.89. The van der Waals surface area contributed by atoms with Gasteiger partial charge in [-0.15, -0.1) is 11.6 Å². The number of carbonyl (C=O) groups is 1. The lowest BCUT2D eigenvalue weighted by atomic mass is 9.81. The Morgan fingerprint density at radius 2 is 2.43 bits per heavy atom. The second-order valence-corrected chi connectivity index (χ2v) is 5.04. The first kappa shape index (κ1) is 8.93. The fraction of sp³-hybridized carbons (Fsp3) is 0.727. The van der Waals surface area contributed by atoms with Crippen LogP contribution in [0.1, 0.15) is 26.2 Å². The number of carbonyl (C=O) groups excluding carboxylic acids is 1. The van der Waals surface area contributed by atoms with Crippen LogP contribution in [0.2, 0.25) is 0 Å². The summed E-state index contributed by atoms with van der Waals surface area (Å²) in [5, 5.41) is -0.455. The van der Waals surface area contributed by atoms with E-state index in [2.05, 4.69) is 6.92 Å². The number of rotatable bonds is 0. The van der Waals surface area contributed by atoms with Gasteiger partial charge in [0, 0.05) is 0 Å². The second kappa shape index (κ2) is 2.61. The molecule has 4 atom stereocenters. The maximum atomic E-state index is 12.0. The van der Waals surface area contributed by atoms with E-state index in [4.69, 9.17) is 16.3 Å². The predicted octanol–water partition coefficient (Wildman–Crippen LogP) is 2.06. The summed E-state index contributed by atoms with van der Waals surface area (Å²) in [5.41, 5.74) is 0.967. The van der Waals surface area contributed by atoms with Crippen molar-refractivity contribution in [3.05, 3.63) is 11.6 Å². The molecule has 0 unspecified atom stereocenters. The van der Waals surface area contributed by atoms with Crippen LogP contribution in [0.15, 0.2) is 11.6 Å². The molecular weight excluding hydrogens is 200 g/mol. The topological polar surface area (TPSA) is 26.3 Å². The van der Waals surface area contributed by atoms with Crippen LogP contribution in [-0.2, 0) is 9.53 Å². The van der Waals surface area contributed by atoms with Gasteiger partial charge in [0.1, 0.15) is 11.5 Å². The lowest BCUT2D eigenvalue weighted by Crippen LogP contribution is -2.50. The highest BCUT2D eigenvalue weighted by molar-refractivity contribution is 6.32. The van der Waals surface area contributed by atoms with Gasteiger partial charge < -0.3 is 4.74 Å². The van der Waals surface area contributed by atoms with Crippen LogP contribution >= 0.6 is 11.6 Å². The molecule has 1 saturated heterocycles. The molecule has 3 rings (SSSR count). The largest absolute Gasteiger partial charge is 0.361 e. The maximum absolute atomic E-state index is 12.0. The van der Waals surface area contributed by atoms with Gasteiger partial charge in [-0.2, -0.15) is 0 Å². The molecule has 1 saturated carbocycles. The average Bonchev–Trinajstić information content (AvgIpc) is 2.70. The molecule has 3 aliphatic rings. The Morgan fingerprint density at radius 3 is 3.21 bits per heavy atom. The van der Waals surface area contributed by atoms with Crippen LogP contribution in [0.5, 0.6) is 0 Å². The fourth-order valence-corrected chi connectivity index (χ4v) is 3.49. The molecule has 2 bridgehead atoms. The fourth-order valence-electron chi connectivity index (χ4n) is 3.22. The van der Waals surface area contributed by atoms with Gasteiger partial charge in [-0.1, -0.05) is 6.08 Å². The molecule has 0 aromatic rings. The van der Waals surface area contributed by atoms with Gasteiger partial charge in [-0.3, -0.25) is 4.79 Å². The van der Waals surface area contributed by atoms with Crippen molar-refractivity contribution in [2.45, 2.75) is 43.3 Å². The molecule has 76 valence electrons. The standard InChI is InChI=1S/C11H13ClO2/c1-6-5-8-9(12)10(13)7-3-2-4-11(6,7)14-8/h5,7-9H,2-4H2,1H3/t7-,8-,9+,11+/m0/s1. The summed E-state index contributed by atoms with van der Waals surface area (Å²) in [4.78, 5) is 12.0. The molecule has 2 heterocycles. The molecule has 0 aromatic carbocycles. The molecule has 2 fully saturated rings. The number of fused-ring (bicyclic) bond motifs is 1. The second-order valence-electron chi connectivity index (χ2n) is 4.57. The van der Waals surface area contributed by atoms with E-state index in [9.17, 15) is 4.79 Å². The summed E-state index contributed by atoms with van der Waals surface area (Å²) < 4.78 is 5.96. The number of ether oxygens (including phenoxy) is 1. The van der Waals surface area contributed by atoms with E-state index in [0.717, 1.165) is 19.3 Å². The Hall–Kier alpha value is -0.340. The van der Waals surface area contributed by atoms with Gasteiger partial charge in [-0.25, -0.2) is 0 Å². The highest BCUT2D eigenvalue weighted by Crippen LogP contribution is 2.53. The zero-order valence-electron chi connectivity index (χ0n) is 8.13. The van der Waals surface area contributed by atoms with Crippen molar-refractivity contribution in [3.63, 3.8) is 0 Å². The van der Waals surface area contributed by atoms with Crippen molar-refractivity contribution >= 4 is 17.4 Å². The zero-order valence-corrected chi connectivity index (χ0v) is 8.88. The molecular formula is C11H13ClO2. The van der Waals surface area contributed by atoms with Crippen LogP contribution in [-0.4, -0.2) is 22.9 Å². The molecule has 14 heavy (non-hydrogen) atoms. The van der Waals surface area contributed by atoms with Crippen LogP contribution in [0.25, 0.3) is 0 Å². The van der Waals surface area contributed by atoms with E-state index in [1.165, 1.54) is 5.57 Å². The van der Waals surface area contributed by atoms with E-state index in [1.807, 2.05) is 6.08 Å². The van der Waals surface area contributed by atoms with Crippen molar-refractivity contribution in [3.8, 4) is 0 Å². The molecule has 0 amide bonds. The summed E-state index contributed by atoms with van der Waals surface area (Å²) in [7, 11) is 0. The predicted molar refractivity (Wildman–Crippen MR) is 53.4 cm³/mol. The molecule has 2 nitrogen and oxygen atoms in total. The quantitative estimate of drug-likeness (QED) is 0.454. The molecule has 0 N–H and O–H groups in total. The zero-order chi connectivity index (χ0) is 9.92. The maximum Gasteiger partial charge on any atom is 0.159 e. The van der Waals surface area contributed by atoms with E-state index < -0.39 is 5.38 Å². The van der Waals surface area contributed by atoms with Gasteiger partial charge in [0.2, 0.25) is 0 Å². The van der Waals surface area contributed by atoms with Gasteiger partial charge in [0.25, 0.3) is 0 Å². The Bertz CT molecular complexity index is 336. The molecule has 0 aromatic heterocycles. The highest BCUT2D eigenvalue weighted by atomic mass is 35.5. The number of halogens is 1. The summed E-state index contributed by atoms with van der Waals surface area (Å²) in [6, 6.07) is 0. The van der Waals surface area contributed by atoms with Gasteiger partial charge >= 0.3 is 0 Å². The Labute approximate surface area is 88.3 Å². The van der Waals surface area contributed by atoms with Gasteiger partial charge in [-0.05, 0) is 31.8 Å². The minimum absolute atomic E-state index is 0.0278. The van der Waals surface area contributed by atoms with Crippen LogP contribution in [0.4, 0.5) is 0 Å². The van der Waals surface area contributed by atoms with Crippen molar-refractivity contribution in [2.24, 2.45) is 5.92 Å². The monoisotopic (exact) mass is 212 g/mol. The lowest BCUT2D eigenvalue weighted by Gasteiger charge is -2.38. The number of hydrogen-bond donors (Lipinski definition) is 0. The normalized spacial score (nSPS) is 50.6. The Kier molecular flexibility index (Phi) is 1.67. The van der Waals surface area contributed by atoms with E-state index >= 15 is 0 Å². The van der Waals surface area contributed by atoms with Crippen molar-refractivity contribution in [2.75, 3.05) is 0 Å². The summed E-state index contributed by atoms with van der Waals surface area (Å²) >= 11 is 6.07. The van der Waals surface area contributed by atoms with Crippen LogP contribution < -0.4 is 0 Å². The average molecular weight is 213 g/mol. The number of alkyl halides is 1. The summed E-state index contributed by atoms with van der Waals surface area (Å²) in [5.74, 6) is 0.230. The molecule has 1 spiro atoms. The van der Waals surface area contributed by atoms with Gasteiger partial charge in [0.15, 0.2) is 5.78 Å². The van der Waals surface area contributed by atoms with Crippen molar-refractivity contribution < 1.29 is 9.53 Å². The summed E-state index contributed by atoms with van der Waals surface area (Å²) in [6.45, 7) is 2.07. The third kappa shape index (κ3) is 0.842. The Morgan fingerprint density at radius 1 is 1.64 bits per heavy atom. The lowest BCUT2D eigenvalue weighted by molar-refractivity contribution is -0.146. The Balaban J connectivity index is 2.11. The van der Waals surface area contributed by atoms with Gasteiger partial charge in [0.05, 0.1) is 11.5 Å². The first-order chi connectivity index (χ1) is 6.65. The van der Waals surface area contributed by atoms with E-state index in [0.29, 0.717) is 0 Å². The minimum atomic E-state index is -0.455. The smallest absolute Gasteiger partial charge is 0.159 e. The van der Waals surface area contributed by atoms with E-state index in [1.54, 1.807) is 0 Å². The number of Topliss-reactive ketones (excluding diaryl/α,β-unsaturated/α-hetero) is 1. The first-order valence-electron chi connectivity index (χ1n) is 5.20. The number of ketones is 1. The van der Waals surface area contributed by atoms with Crippen molar-refractivity contribution in [1.82, 2.24) is 0 Å². The van der Waals surface area contributed by atoms with Crippen molar-refractivity contribution in [1.29, 1.82) is 0 Å². The first-order valence-corrected chi connectivity index (χ1v) is 5.63. The molecule has 0 radical (unpaired) electrons. The SMILES string of the molecule is CC1=C[C@@H]2O[C@]13CCC[C@H]3C(=O)[C@@H]2Cl. The molecule has 1 aliphatic carbocycles. The highest BCUT2D eigenvalue weighted by Gasteiger charge is 2.59. The number of hydrogen-bond acceptors (Lipinski definition) is 2. The van der Waals surface area contributed by atoms with E-state index in [-0.39, 0.29) is 23.4 Å². The minimum Gasteiger partial charge on any atom is -0.361 e. The van der Waals surface area contributed by atoms with Crippen LogP contribution in [0.3, 0.4) is 0 Å². The third-order valence-corrected chi connectivity index (χ3v) is 4.40. The molecule has 2 aliphatic heterocycles. The molecule has 3 heteroatoms. The van der Waals surface area contributed by atoms with Crippen LogP contribution in [0, 0.1) is 5.92 Å².